The molecule has 3 rings (SSSR count). The number of anilines is 1. The molecule has 3 N–H and O–H groups in total. The van der Waals surface area contributed by atoms with Crippen LogP contribution in [-0.4, -0.2) is 46.8 Å². The van der Waals surface area contributed by atoms with Crippen molar-refractivity contribution >= 4 is 11.7 Å². The third-order valence-corrected chi connectivity index (χ3v) is 4.30. The zero-order chi connectivity index (χ0) is 16.9. The number of aromatic nitrogens is 2. The van der Waals surface area contributed by atoms with Gasteiger partial charge in [-0.2, -0.15) is 5.10 Å². The first-order chi connectivity index (χ1) is 11.7. The third-order valence-electron chi connectivity index (χ3n) is 4.30. The Labute approximate surface area is 142 Å². The predicted octanol–water partition coefficient (Wildman–Crippen LogP) is 2.69. The molecule has 1 atom stereocenters. The van der Waals surface area contributed by atoms with Crippen LogP contribution >= 0.6 is 0 Å². The molecule has 24 heavy (non-hydrogen) atoms. The van der Waals surface area contributed by atoms with Crippen molar-refractivity contribution < 1.29 is 9.53 Å². The predicted molar refractivity (Wildman–Crippen MR) is 93.6 cm³/mol. The van der Waals surface area contributed by atoms with Crippen molar-refractivity contribution in [2.75, 3.05) is 25.4 Å². The maximum absolute atomic E-state index is 13.1. The van der Waals surface area contributed by atoms with Crippen molar-refractivity contribution in [3.8, 4) is 11.1 Å². The number of carbonyl (C=O) groups excluding carboxylic acids is 1. The van der Waals surface area contributed by atoms with E-state index in [4.69, 9.17) is 10.5 Å². The molecule has 128 valence electrons. The lowest BCUT2D eigenvalue weighted by Crippen LogP contribution is -2.38. The summed E-state index contributed by atoms with van der Waals surface area (Å²) in [4.78, 5) is 14.9. The molecule has 2 aromatic rings. The van der Waals surface area contributed by atoms with Crippen LogP contribution in [0, 0.1) is 0 Å². The number of nitrogens with two attached hydrogens (primary N) is 1. The number of H-pyrrole nitrogens is 1. The Morgan fingerprint density at radius 2 is 2.21 bits per heavy atom. The van der Waals surface area contributed by atoms with Gasteiger partial charge in [0.15, 0.2) is 5.82 Å². The summed E-state index contributed by atoms with van der Waals surface area (Å²) in [6.45, 7) is 4.14. The molecule has 0 bridgehead atoms. The van der Waals surface area contributed by atoms with E-state index in [9.17, 15) is 4.79 Å². The van der Waals surface area contributed by atoms with Crippen LogP contribution in [0.1, 0.15) is 36.7 Å². The first kappa shape index (κ1) is 16.5. The van der Waals surface area contributed by atoms with Crippen molar-refractivity contribution in [1.29, 1.82) is 0 Å². The number of nitrogens with zero attached hydrogens (tertiary/aromatic N) is 2. The molecule has 6 heteroatoms. The lowest BCUT2D eigenvalue weighted by molar-refractivity contribution is 0.0522. The molecule has 0 radical (unpaired) electrons. The minimum absolute atomic E-state index is 0.0737. The van der Waals surface area contributed by atoms with E-state index in [0.717, 1.165) is 31.4 Å². The van der Waals surface area contributed by atoms with Gasteiger partial charge in [0.2, 0.25) is 0 Å². The second-order valence-electron chi connectivity index (χ2n) is 6.11. The Morgan fingerprint density at radius 3 is 2.88 bits per heavy atom. The van der Waals surface area contributed by atoms with Gasteiger partial charge in [0, 0.05) is 19.7 Å². The van der Waals surface area contributed by atoms with E-state index in [1.54, 1.807) is 0 Å². The number of aromatic amines is 1. The Hall–Kier alpha value is -2.34. The van der Waals surface area contributed by atoms with Crippen LogP contribution in [-0.2, 0) is 4.74 Å². The highest BCUT2D eigenvalue weighted by Gasteiger charge is 2.27. The van der Waals surface area contributed by atoms with Gasteiger partial charge in [0.1, 0.15) is 5.69 Å². The van der Waals surface area contributed by atoms with Gasteiger partial charge in [0.05, 0.1) is 11.7 Å². The van der Waals surface area contributed by atoms with Gasteiger partial charge in [-0.25, -0.2) is 0 Å². The lowest BCUT2D eigenvalue weighted by Gasteiger charge is -2.25. The molecule has 0 unspecified atom stereocenters. The molecule has 1 fully saturated rings. The average molecular weight is 328 g/mol. The van der Waals surface area contributed by atoms with Crippen LogP contribution < -0.4 is 5.73 Å². The number of nitrogens with one attached hydrogen (secondary N) is 1. The molecule has 1 aliphatic rings. The van der Waals surface area contributed by atoms with E-state index in [1.165, 1.54) is 0 Å². The van der Waals surface area contributed by atoms with E-state index < -0.39 is 0 Å². The van der Waals surface area contributed by atoms with E-state index in [-0.39, 0.29) is 12.0 Å². The van der Waals surface area contributed by atoms with Crippen LogP contribution in [0.2, 0.25) is 0 Å². The SMILES string of the molecule is CCCN(C[C@@H]1CCCO1)C(=O)c1[nH]nc(N)c1-c1ccccc1. The molecule has 0 aliphatic carbocycles. The van der Waals surface area contributed by atoms with Crippen LogP contribution in [0.5, 0.6) is 0 Å². The first-order valence-corrected chi connectivity index (χ1v) is 8.50. The molecule has 1 aromatic carbocycles. The standard InChI is InChI=1S/C18H24N4O2/c1-2-10-22(12-14-9-6-11-24-14)18(23)16-15(17(19)21-20-16)13-7-4-3-5-8-13/h3-5,7-8,14H,2,6,9-12H2,1H3,(H3,19,20,21)/t14-/m0/s1. The van der Waals surface area contributed by atoms with E-state index in [2.05, 4.69) is 17.1 Å². The van der Waals surface area contributed by atoms with Gasteiger partial charge in [-0.05, 0) is 24.8 Å². The topological polar surface area (TPSA) is 84.2 Å². The highest BCUT2D eigenvalue weighted by molar-refractivity contribution is 6.01. The summed E-state index contributed by atoms with van der Waals surface area (Å²) < 4.78 is 5.69. The van der Waals surface area contributed by atoms with Crippen LogP contribution in [0.15, 0.2) is 30.3 Å². The number of amides is 1. The van der Waals surface area contributed by atoms with Crippen molar-refractivity contribution in [1.82, 2.24) is 15.1 Å². The number of hydrogen-bond acceptors (Lipinski definition) is 4. The van der Waals surface area contributed by atoms with Gasteiger partial charge in [-0.1, -0.05) is 37.3 Å². The second kappa shape index (κ2) is 7.49. The molecule has 1 amide bonds. The summed E-state index contributed by atoms with van der Waals surface area (Å²) in [5.41, 5.74) is 8.02. The van der Waals surface area contributed by atoms with Crippen LogP contribution in [0.25, 0.3) is 11.1 Å². The minimum Gasteiger partial charge on any atom is -0.382 e. The number of benzene rings is 1. The fourth-order valence-electron chi connectivity index (χ4n) is 3.15. The summed E-state index contributed by atoms with van der Waals surface area (Å²) in [5.74, 6) is 0.272. The van der Waals surface area contributed by atoms with Gasteiger partial charge >= 0.3 is 0 Å². The lowest BCUT2D eigenvalue weighted by atomic mass is 10.0. The van der Waals surface area contributed by atoms with E-state index in [0.29, 0.717) is 30.2 Å². The molecule has 1 aliphatic heterocycles. The van der Waals surface area contributed by atoms with E-state index in [1.807, 2.05) is 35.2 Å². The van der Waals surface area contributed by atoms with E-state index >= 15 is 0 Å². The smallest absolute Gasteiger partial charge is 0.272 e. The Kier molecular flexibility index (Phi) is 5.15. The van der Waals surface area contributed by atoms with Gasteiger partial charge in [0.25, 0.3) is 5.91 Å². The maximum atomic E-state index is 13.1. The zero-order valence-corrected chi connectivity index (χ0v) is 14.0. The third kappa shape index (κ3) is 3.43. The van der Waals surface area contributed by atoms with Crippen molar-refractivity contribution in [3.05, 3.63) is 36.0 Å². The number of ether oxygens (including phenoxy) is 1. The van der Waals surface area contributed by atoms with Gasteiger partial charge in [-0.3, -0.25) is 9.89 Å². The zero-order valence-electron chi connectivity index (χ0n) is 14.0. The monoisotopic (exact) mass is 328 g/mol. The average Bonchev–Trinajstić information content (AvgIpc) is 3.24. The first-order valence-electron chi connectivity index (χ1n) is 8.50. The Morgan fingerprint density at radius 1 is 1.42 bits per heavy atom. The normalized spacial score (nSPS) is 17.1. The summed E-state index contributed by atoms with van der Waals surface area (Å²) in [5, 5.41) is 6.89. The minimum atomic E-state index is -0.0737. The van der Waals surface area contributed by atoms with Crippen molar-refractivity contribution in [3.63, 3.8) is 0 Å². The van der Waals surface area contributed by atoms with Crippen molar-refractivity contribution in [2.45, 2.75) is 32.3 Å². The second-order valence-corrected chi connectivity index (χ2v) is 6.11. The number of carbonyl (C=O) groups is 1. The fraction of sp³-hybridized carbons (Fsp3) is 0.444. The molecule has 1 aromatic heterocycles. The largest absolute Gasteiger partial charge is 0.382 e. The highest BCUT2D eigenvalue weighted by atomic mass is 16.5. The molecule has 1 saturated heterocycles. The Bertz CT molecular complexity index is 678. The van der Waals surface area contributed by atoms with Crippen molar-refractivity contribution in [2.24, 2.45) is 0 Å². The summed E-state index contributed by atoms with van der Waals surface area (Å²) in [6.07, 6.45) is 3.08. The summed E-state index contributed by atoms with van der Waals surface area (Å²) in [7, 11) is 0. The highest BCUT2D eigenvalue weighted by Crippen LogP contribution is 2.29. The Balaban J connectivity index is 1.87. The summed E-state index contributed by atoms with van der Waals surface area (Å²) >= 11 is 0. The quantitative estimate of drug-likeness (QED) is 0.854. The molecule has 0 spiro atoms. The van der Waals surface area contributed by atoms with Gasteiger partial charge < -0.3 is 15.4 Å². The number of hydrogen-bond donors (Lipinski definition) is 2. The van der Waals surface area contributed by atoms with Crippen LogP contribution in [0.3, 0.4) is 0 Å². The fourth-order valence-corrected chi connectivity index (χ4v) is 3.15. The molecule has 6 nitrogen and oxygen atoms in total. The number of rotatable bonds is 6. The summed E-state index contributed by atoms with van der Waals surface area (Å²) in [6, 6.07) is 9.64. The molecule has 2 heterocycles. The number of nitrogen functional groups attached to an aromatic ring is 1. The van der Waals surface area contributed by atoms with Crippen LogP contribution in [0.4, 0.5) is 5.82 Å². The molecule has 0 saturated carbocycles. The van der Waals surface area contributed by atoms with Gasteiger partial charge in [-0.15, -0.1) is 0 Å². The molecular formula is C18H24N4O2. The maximum Gasteiger partial charge on any atom is 0.272 e. The molecular weight excluding hydrogens is 304 g/mol.